The number of benzene rings is 3. The molecule has 0 unspecified atom stereocenters. The van der Waals surface area contributed by atoms with Gasteiger partial charge in [-0.1, -0.05) is 79.7 Å². The average molecular weight is 667 g/mol. The molecule has 244 valence electrons. The second kappa shape index (κ2) is 17.6. The first kappa shape index (κ1) is 36.4. The van der Waals surface area contributed by atoms with Crippen LogP contribution >= 0.6 is 24.8 Å². The molecule has 2 amide bonds. The lowest BCUT2D eigenvalue weighted by Gasteiger charge is -2.29. The molecule has 2 heterocycles. The molecule has 4 N–H and O–H groups in total. The molecule has 0 spiro atoms. The zero-order valence-corrected chi connectivity index (χ0v) is 27.4. The topological polar surface area (TPSA) is 127 Å². The van der Waals surface area contributed by atoms with Gasteiger partial charge in [0.05, 0.1) is 25.2 Å². The fourth-order valence-corrected chi connectivity index (χ4v) is 5.90. The van der Waals surface area contributed by atoms with E-state index in [1.807, 2.05) is 85.8 Å². The van der Waals surface area contributed by atoms with Gasteiger partial charge in [0.2, 0.25) is 11.8 Å². The fourth-order valence-electron chi connectivity index (χ4n) is 5.90. The van der Waals surface area contributed by atoms with Gasteiger partial charge >= 0.3 is 5.97 Å². The summed E-state index contributed by atoms with van der Waals surface area (Å²) < 4.78 is 5.26. The van der Waals surface area contributed by atoms with Crippen LogP contribution in [-0.4, -0.2) is 59.4 Å². The SMILES string of the molecule is CCCOC(=O)CN[C@@H](C(=O)NC(=O)[C@@H]1CCCN1Cc1ccc2c(N)nccc2c1)C(c1ccccc1)c1ccccc1.Cl.Cl. The predicted molar refractivity (Wildman–Crippen MR) is 185 cm³/mol. The normalized spacial score (nSPS) is 15.0. The summed E-state index contributed by atoms with van der Waals surface area (Å²) in [5.41, 5.74) is 8.84. The summed E-state index contributed by atoms with van der Waals surface area (Å²) in [7, 11) is 0. The first-order chi connectivity index (χ1) is 21.4. The van der Waals surface area contributed by atoms with E-state index in [-0.39, 0.29) is 37.3 Å². The summed E-state index contributed by atoms with van der Waals surface area (Å²) in [5.74, 6) is -1.26. The molecule has 3 aromatic carbocycles. The van der Waals surface area contributed by atoms with Crippen LogP contribution in [-0.2, 0) is 25.7 Å². The third-order valence-corrected chi connectivity index (χ3v) is 8.02. The van der Waals surface area contributed by atoms with Gasteiger partial charge in [0, 0.05) is 24.0 Å². The maximum Gasteiger partial charge on any atom is 0.319 e. The monoisotopic (exact) mass is 665 g/mol. The van der Waals surface area contributed by atoms with Gasteiger partial charge in [0.25, 0.3) is 0 Å². The van der Waals surface area contributed by atoms with E-state index in [1.54, 1.807) is 6.20 Å². The van der Waals surface area contributed by atoms with Gasteiger partial charge < -0.3 is 10.5 Å². The number of carbonyl (C=O) groups is 3. The van der Waals surface area contributed by atoms with Crippen LogP contribution in [0.3, 0.4) is 0 Å². The van der Waals surface area contributed by atoms with E-state index in [2.05, 4.69) is 26.6 Å². The third-order valence-electron chi connectivity index (χ3n) is 8.02. The van der Waals surface area contributed by atoms with Crippen molar-refractivity contribution in [3.05, 3.63) is 108 Å². The number of aromatic nitrogens is 1. The Labute approximate surface area is 282 Å². The van der Waals surface area contributed by atoms with E-state index < -0.39 is 29.9 Å². The fraction of sp³-hybridized carbons (Fsp3) is 0.314. The van der Waals surface area contributed by atoms with E-state index in [9.17, 15) is 14.4 Å². The molecule has 1 fully saturated rings. The molecule has 4 aromatic rings. The van der Waals surface area contributed by atoms with E-state index in [0.717, 1.165) is 40.4 Å². The number of pyridine rings is 1. The molecule has 2 atom stereocenters. The summed E-state index contributed by atoms with van der Waals surface area (Å²) in [4.78, 5) is 46.4. The summed E-state index contributed by atoms with van der Waals surface area (Å²) in [5, 5.41) is 7.71. The number of imide groups is 1. The Bertz CT molecular complexity index is 1550. The van der Waals surface area contributed by atoms with Crippen molar-refractivity contribution >= 4 is 59.2 Å². The van der Waals surface area contributed by atoms with E-state index in [1.165, 1.54) is 0 Å². The molecule has 1 saturated heterocycles. The van der Waals surface area contributed by atoms with Crippen LogP contribution < -0.4 is 16.4 Å². The van der Waals surface area contributed by atoms with Crippen LogP contribution in [0.2, 0.25) is 0 Å². The summed E-state index contributed by atoms with van der Waals surface area (Å²) >= 11 is 0. The van der Waals surface area contributed by atoms with Gasteiger partial charge in [-0.15, -0.1) is 24.8 Å². The number of hydrogen-bond acceptors (Lipinski definition) is 8. The molecule has 5 rings (SSSR count). The minimum Gasteiger partial charge on any atom is -0.465 e. The molecule has 11 heteroatoms. The molecule has 1 aliphatic rings. The number of nitrogens with two attached hydrogens (primary N) is 1. The number of nitrogens with one attached hydrogen (secondary N) is 2. The largest absolute Gasteiger partial charge is 0.465 e. The maximum atomic E-state index is 14.0. The van der Waals surface area contributed by atoms with Crippen LogP contribution in [0.5, 0.6) is 0 Å². The van der Waals surface area contributed by atoms with Crippen molar-refractivity contribution in [2.24, 2.45) is 0 Å². The highest BCUT2D eigenvalue weighted by Gasteiger charge is 2.36. The molecule has 0 bridgehead atoms. The minimum atomic E-state index is -0.910. The molecule has 0 radical (unpaired) electrons. The highest BCUT2D eigenvalue weighted by molar-refractivity contribution is 6.01. The van der Waals surface area contributed by atoms with Crippen molar-refractivity contribution < 1.29 is 19.1 Å². The number of anilines is 1. The Morgan fingerprint density at radius 3 is 2.30 bits per heavy atom. The van der Waals surface area contributed by atoms with Crippen molar-refractivity contribution in [2.75, 3.05) is 25.4 Å². The Hall–Kier alpha value is -4.02. The zero-order chi connectivity index (χ0) is 30.9. The standard InChI is InChI=1S/C35H39N5O4.2ClH/c1-2-20-44-30(41)22-38-32(31(25-10-5-3-6-11-25)26-12-7-4-8-13-26)35(43)39-34(42)29-14-9-19-40(29)23-24-15-16-28-27(21-24)17-18-37-33(28)36;;/h3-8,10-13,15-18,21,29,31-32,38H,2,9,14,19-20,22-23H2,1H3,(H2,36,37)(H,39,42,43);2*1H/t29-,32+;;/m0../s1. The van der Waals surface area contributed by atoms with Crippen molar-refractivity contribution in [3.63, 3.8) is 0 Å². The molecule has 0 saturated carbocycles. The van der Waals surface area contributed by atoms with E-state index in [0.29, 0.717) is 31.8 Å². The number of esters is 1. The second-order valence-electron chi connectivity index (χ2n) is 11.1. The first-order valence-corrected chi connectivity index (χ1v) is 15.2. The van der Waals surface area contributed by atoms with Crippen LogP contribution in [0.15, 0.2) is 91.1 Å². The predicted octanol–water partition coefficient (Wildman–Crippen LogP) is 5.01. The van der Waals surface area contributed by atoms with Crippen LogP contribution in [0.1, 0.15) is 48.8 Å². The molecular weight excluding hydrogens is 625 g/mol. The smallest absolute Gasteiger partial charge is 0.319 e. The van der Waals surface area contributed by atoms with Crippen LogP contribution in [0.25, 0.3) is 10.8 Å². The number of nitrogen functional groups attached to an aromatic ring is 1. The third kappa shape index (κ3) is 9.04. The number of hydrogen-bond donors (Lipinski definition) is 3. The highest BCUT2D eigenvalue weighted by atomic mass is 35.5. The number of fused-ring (bicyclic) bond motifs is 1. The summed E-state index contributed by atoms with van der Waals surface area (Å²) in [6.45, 7) is 3.36. The lowest BCUT2D eigenvalue weighted by atomic mass is 9.84. The Kier molecular flexibility index (Phi) is 14.0. The summed E-state index contributed by atoms with van der Waals surface area (Å²) in [6, 6.07) is 25.8. The average Bonchev–Trinajstić information content (AvgIpc) is 3.51. The number of carbonyl (C=O) groups excluding carboxylic acids is 3. The van der Waals surface area contributed by atoms with Gasteiger partial charge in [0.15, 0.2) is 0 Å². The van der Waals surface area contributed by atoms with Gasteiger partial charge in [0.1, 0.15) is 5.82 Å². The minimum absolute atomic E-state index is 0. The van der Waals surface area contributed by atoms with E-state index in [4.69, 9.17) is 10.5 Å². The molecule has 46 heavy (non-hydrogen) atoms. The van der Waals surface area contributed by atoms with Gasteiger partial charge in [-0.25, -0.2) is 4.98 Å². The molecule has 9 nitrogen and oxygen atoms in total. The molecule has 1 aliphatic heterocycles. The summed E-state index contributed by atoms with van der Waals surface area (Å²) in [6.07, 6.45) is 3.87. The number of amides is 2. The van der Waals surface area contributed by atoms with Crippen LogP contribution in [0.4, 0.5) is 5.82 Å². The number of ether oxygens (including phenoxy) is 1. The first-order valence-electron chi connectivity index (χ1n) is 15.2. The van der Waals surface area contributed by atoms with Crippen molar-refractivity contribution in [2.45, 2.75) is 50.7 Å². The number of likely N-dealkylation sites (tertiary alicyclic amines) is 1. The second-order valence-corrected chi connectivity index (χ2v) is 11.1. The van der Waals surface area contributed by atoms with Gasteiger partial charge in [-0.2, -0.15) is 0 Å². The van der Waals surface area contributed by atoms with Crippen molar-refractivity contribution in [1.82, 2.24) is 20.5 Å². The number of nitrogens with zero attached hydrogens (tertiary/aromatic N) is 2. The molecular formula is C35H41Cl2N5O4. The lowest BCUT2D eigenvalue weighted by molar-refractivity contribution is -0.142. The molecule has 0 aliphatic carbocycles. The van der Waals surface area contributed by atoms with Crippen molar-refractivity contribution in [1.29, 1.82) is 0 Å². The lowest BCUT2D eigenvalue weighted by Crippen LogP contribution is -2.54. The van der Waals surface area contributed by atoms with Gasteiger partial charge in [-0.3, -0.25) is 29.9 Å². The Balaban J connectivity index is 0.00000288. The number of rotatable bonds is 12. The van der Waals surface area contributed by atoms with E-state index >= 15 is 0 Å². The highest BCUT2D eigenvalue weighted by Crippen LogP contribution is 2.29. The number of halogens is 2. The quantitative estimate of drug-likeness (QED) is 0.180. The van der Waals surface area contributed by atoms with Gasteiger partial charge in [-0.05, 0) is 60.0 Å². The molecule has 1 aromatic heterocycles. The van der Waals surface area contributed by atoms with Crippen molar-refractivity contribution in [3.8, 4) is 0 Å². The Morgan fingerprint density at radius 1 is 0.978 bits per heavy atom. The maximum absolute atomic E-state index is 14.0. The zero-order valence-electron chi connectivity index (χ0n) is 25.8. The van der Waals surface area contributed by atoms with Crippen LogP contribution in [0, 0.1) is 0 Å². The Morgan fingerprint density at radius 2 is 1.65 bits per heavy atom.